The number of H-pyrrole nitrogens is 1. The minimum absolute atomic E-state index is 0.114. The van der Waals surface area contributed by atoms with Crippen molar-refractivity contribution in [2.45, 2.75) is 0 Å². The molecular formula is C19H12BrN3O4. The van der Waals surface area contributed by atoms with Crippen molar-refractivity contribution < 1.29 is 14.6 Å². The maximum absolute atomic E-state index is 12.3. The van der Waals surface area contributed by atoms with Gasteiger partial charge in [-0.1, -0.05) is 34.1 Å². The predicted molar refractivity (Wildman–Crippen MR) is 103 cm³/mol. The Labute approximate surface area is 161 Å². The van der Waals surface area contributed by atoms with Gasteiger partial charge in [0, 0.05) is 10.0 Å². The van der Waals surface area contributed by atoms with Gasteiger partial charge in [-0.2, -0.15) is 5.26 Å². The highest BCUT2D eigenvalue weighted by Crippen LogP contribution is 2.24. The van der Waals surface area contributed by atoms with E-state index in [0.29, 0.717) is 22.2 Å². The van der Waals surface area contributed by atoms with Crippen LogP contribution in [-0.2, 0) is 4.79 Å². The lowest BCUT2D eigenvalue weighted by Crippen LogP contribution is -2.11. The summed E-state index contributed by atoms with van der Waals surface area (Å²) < 4.78 is 5.98. The van der Waals surface area contributed by atoms with Gasteiger partial charge in [0.25, 0.3) is 5.56 Å². The van der Waals surface area contributed by atoms with Crippen molar-refractivity contribution in [2.75, 3.05) is 6.61 Å². The average Bonchev–Trinajstić information content (AvgIpc) is 2.65. The lowest BCUT2D eigenvalue weighted by Gasteiger charge is -2.07. The third-order valence-electron chi connectivity index (χ3n) is 3.61. The molecule has 7 nitrogen and oxygen atoms in total. The molecule has 0 unspecified atom stereocenters. The van der Waals surface area contributed by atoms with E-state index in [9.17, 15) is 14.9 Å². The van der Waals surface area contributed by atoms with Gasteiger partial charge in [-0.15, -0.1) is 0 Å². The first-order valence-electron chi connectivity index (χ1n) is 7.73. The van der Waals surface area contributed by atoms with Crippen LogP contribution in [0.4, 0.5) is 0 Å². The Kier molecular flexibility index (Phi) is 5.33. The number of para-hydroxylation sites is 1. The number of nitrogens with zero attached hydrogens (tertiary/aromatic N) is 2. The van der Waals surface area contributed by atoms with Crippen LogP contribution >= 0.6 is 15.9 Å². The van der Waals surface area contributed by atoms with Gasteiger partial charge < -0.3 is 14.8 Å². The zero-order valence-electron chi connectivity index (χ0n) is 13.8. The molecule has 27 heavy (non-hydrogen) atoms. The van der Waals surface area contributed by atoms with Crippen molar-refractivity contribution in [2.24, 2.45) is 0 Å². The van der Waals surface area contributed by atoms with Gasteiger partial charge in [-0.25, -0.2) is 9.78 Å². The van der Waals surface area contributed by atoms with Crippen molar-refractivity contribution in [1.29, 1.82) is 5.26 Å². The Hall–Kier alpha value is -3.44. The molecule has 8 heteroatoms. The van der Waals surface area contributed by atoms with E-state index >= 15 is 0 Å². The maximum Gasteiger partial charge on any atom is 0.341 e. The fourth-order valence-electron chi connectivity index (χ4n) is 2.42. The largest absolute Gasteiger partial charge is 0.481 e. The maximum atomic E-state index is 12.3. The molecule has 0 saturated carbocycles. The number of hydrogen-bond acceptors (Lipinski definition) is 5. The Morgan fingerprint density at radius 3 is 2.85 bits per heavy atom. The number of halogens is 1. The Balaban J connectivity index is 2.07. The molecule has 0 aliphatic heterocycles. The SMILES string of the molecule is N#C/C(=C\c1ccccc1OCC(=O)O)c1nc2ccc(Br)cc2c(=O)[nH]1. The van der Waals surface area contributed by atoms with Crippen molar-refractivity contribution in [3.8, 4) is 11.8 Å². The molecule has 3 aromatic rings. The molecule has 0 atom stereocenters. The van der Waals surface area contributed by atoms with Gasteiger partial charge in [0.15, 0.2) is 12.4 Å². The summed E-state index contributed by atoms with van der Waals surface area (Å²) in [6, 6.07) is 13.8. The number of fused-ring (bicyclic) bond motifs is 1. The first-order chi connectivity index (χ1) is 13.0. The summed E-state index contributed by atoms with van der Waals surface area (Å²) in [5.74, 6) is -0.689. The van der Waals surface area contributed by atoms with Crippen LogP contribution in [-0.4, -0.2) is 27.7 Å². The van der Waals surface area contributed by atoms with E-state index < -0.39 is 12.6 Å². The van der Waals surface area contributed by atoms with Crippen LogP contribution in [0.1, 0.15) is 11.4 Å². The standard InChI is InChI=1S/C19H12BrN3O4/c20-13-5-6-15-14(8-13)19(26)23-18(22-15)12(9-21)7-11-3-1-2-4-16(11)27-10-17(24)25/h1-8H,10H2,(H,24,25)(H,22,23,26)/b12-7+. The van der Waals surface area contributed by atoms with Gasteiger partial charge in [-0.3, -0.25) is 4.79 Å². The van der Waals surface area contributed by atoms with E-state index in [0.717, 1.165) is 4.47 Å². The Bertz CT molecular complexity index is 1160. The van der Waals surface area contributed by atoms with E-state index in [1.807, 2.05) is 6.07 Å². The predicted octanol–water partition coefficient (Wildman–Crippen LogP) is 3.21. The number of benzene rings is 2. The zero-order valence-corrected chi connectivity index (χ0v) is 15.4. The summed E-state index contributed by atoms with van der Waals surface area (Å²) in [7, 11) is 0. The summed E-state index contributed by atoms with van der Waals surface area (Å²) in [4.78, 5) is 30.0. The van der Waals surface area contributed by atoms with E-state index in [-0.39, 0.29) is 17.0 Å². The van der Waals surface area contributed by atoms with Crippen molar-refractivity contribution in [1.82, 2.24) is 9.97 Å². The van der Waals surface area contributed by atoms with Crippen LogP contribution in [0.3, 0.4) is 0 Å². The number of hydrogen-bond donors (Lipinski definition) is 2. The number of aromatic amines is 1. The van der Waals surface area contributed by atoms with Crippen LogP contribution in [0.25, 0.3) is 22.6 Å². The highest BCUT2D eigenvalue weighted by Gasteiger charge is 2.11. The van der Waals surface area contributed by atoms with E-state index in [1.54, 1.807) is 42.5 Å². The topological polar surface area (TPSA) is 116 Å². The van der Waals surface area contributed by atoms with Crippen LogP contribution in [0.5, 0.6) is 5.75 Å². The molecule has 0 fully saturated rings. The second-order valence-electron chi connectivity index (χ2n) is 5.47. The summed E-state index contributed by atoms with van der Waals surface area (Å²) in [6.07, 6.45) is 1.49. The lowest BCUT2D eigenvalue weighted by molar-refractivity contribution is -0.139. The number of aromatic nitrogens is 2. The number of nitrogens with one attached hydrogen (secondary N) is 1. The van der Waals surface area contributed by atoms with Crippen LogP contribution in [0.2, 0.25) is 0 Å². The zero-order chi connectivity index (χ0) is 19.4. The molecule has 2 aromatic carbocycles. The molecular weight excluding hydrogens is 414 g/mol. The number of carboxylic acids is 1. The number of ether oxygens (including phenoxy) is 1. The second-order valence-corrected chi connectivity index (χ2v) is 6.38. The number of nitriles is 1. The van der Waals surface area contributed by atoms with Crippen LogP contribution in [0, 0.1) is 11.3 Å². The molecule has 0 aliphatic rings. The molecule has 3 rings (SSSR count). The Morgan fingerprint density at radius 1 is 1.33 bits per heavy atom. The molecule has 1 heterocycles. The first kappa shape index (κ1) is 18.4. The summed E-state index contributed by atoms with van der Waals surface area (Å²) in [6.45, 7) is -0.507. The number of aliphatic carboxylic acids is 1. The second kappa shape index (κ2) is 7.85. The van der Waals surface area contributed by atoms with Gasteiger partial charge in [0.2, 0.25) is 0 Å². The van der Waals surface area contributed by atoms with Gasteiger partial charge in [-0.05, 0) is 30.3 Å². The van der Waals surface area contributed by atoms with Crippen molar-refractivity contribution >= 4 is 44.5 Å². The molecule has 134 valence electrons. The molecule has 0 amide bonds. The smallest absolute Gasteiger partial charge is 0.341 e. The van der Waals surface area contributed by atoms with Gasteiger partial charge in [0.1, 0.15) is 11.8 Å². The quantitative estimate of drug-likeness (QED) is 0.606. The van der Waals surface area contributed by atoms with E-state index in [1.165, 1.54) is 6.08 Å². The number of carbonyl (C=O) groups is 1. The van der Waals surface area contributed by atoms with Crippen molar-refractivity contribution in [3.63, 3.8) is 0 Å². The number of carboxylic acid groups (broad SMARTS) is 1. The van der Waals surface area contributed by atoms with Gasteiger partial charge in [0.05, 0.1) is 16.5 Å². The molecule has 0 saturated heterocycles. The van der Waals surface area contributed by atoms with E-state index in [2.05, 4.69) is 25.9 Å². The minimum Gasteiger partial charge on any atom is -0.481 e. The van der Waals surface area contributed by atoms with Gasteiger partial charge >= 0.3 is 5.97 Å². The third kappa shape index (κ3) is 4.22. The van der Waals surface area contributed by atoms with E-state index in [4.69, 9.17) is 9.84 Å². The summed E-state index contributed by atoms with van der Waals surface area (Å²) >= 11 is 3.30. The molecule has 0 aliphatic carbocycles. The average molecular weight is 426 g/mol. The number of allylic oxidation sites excluding steroid dienone is 1. The van der Waals surface area contributed by atoms with Crippen molar-refractivity contribution in [3.05, 3.63) is 68.7 Å². The molecule has 0 radical (unpaired) electrons. The first-order valence-corrected chi connectivity index (χ1v) is 8.52. The van der Waals surface area contributed by atoms with Crippen LogP contribution in [0.15, 0.2) is 51.7 Å². The highest BCUT2D eigenvalue weighted by atomic mass is 79.9. The third-order valence-corrected chi connectivity index (χ3v) is 4.11. The molecule has 0 spiro atoms. The lowest BCUT2D eigenvalue weighted by atomic mass is 10.1. The Morgan fingerprint density at radius 2 is 2.11 bits per heavy atom. The fourth-order valence-corrected chi connectivity index (χ4v) is 2.78. The number of rotatable bonds is 5. The summed E-state index contributed by atoms with van der Waals surface area (Å²) in [5.41, 5.74) is 0.693. The molecule has 1 aromatic heterocycles. The fraction of sp³-hybridized carbons (Fsp3) is 0.0526. The van der Waals surface area contributed by atoms with Crippen LogP contribution < -0.4 is 10.3 Å². The normalized spacial score (nSPS) is 11.2. The molecule has 2 N–H and O–H groups in total. The highest BCUT2D eigenvalue weighted by molar-refractivity contribution is 9.10. The minimum atomic E-state index is -1.11. The summed E-state index contributed by atoms with van der Waals surface area (Å²) in [5, 5.41) is 18.7. The molecule has 0 bridgehead atoms. The monoisotopic (exact) mass is 425 g/mol.